The molecule has 2 aromatic carbocycles. The van der Waals surface area contributed by atoms with Crippen molar-refractivity contribution in [2.45, 2.75) is 30.8 Å². The van der Waals surface area contributed by atoms with Gasteiger partial charge in [0, 0.05) is 23.6 Å². The van der Waals surface area contributed by atoms with Gasteiger partial charge in [0.15, 0.2) is 5.78 Å². The van der Waals surface area contributed by atoms with Crippen molar-refractivity contribution >= 4 is 5.78 Å². The number of carbonyl (C=O) groups excluding carboxylic acids is 1. The molecule has 0 aromatic heterocycles. The lowest BCUT2D eigenvalue weighted by Crippen LogP contribution is -2.39. The summed E-state index contributed by atoms with van der Waals surface area (Å²) in [6, 6.07) is 24.8. The number of Topliss-reactive ketones (excluding diaryl/α,β-unsaturated/α-hetero) is 1. The van der Waals surface area contributed by atoms with E-state index in [1.54, 1.807) is 12.3 Å². The number of allylic oxidation sites excluding steroid dienone is 3. The first kappa shape index (κ1) is 21.4. The van der Waals surface area contributed by atoms with Crippen LogP contribution in [0.2, 0.25) is 0 Å². The first-order chi connectivity index (χ1) is 16.7. The summed E-state index contributed by atoms with van der Waals surface area (Å²) in [5.74, 6) is -0.358. The van der Waals surface area contributed by atoms with Crippen LogP contribution >= 0.6 is 0 Å². The average Bonchev–Trinajstić information content (AvgIpc) is 3.68. The normalized spacial score (nSPS) is 24.7. The molecule has 2 aromatic rings. The highest BCUT2D eigenvalue weighted by Crippen LogP contribution is 2.54. The summed E-state index contributed by atoms with van der Waals surface area (Å²) in [5, 5.41) is 29.3. The molecule has 1 saturated carbocycles. The fourth-order valence-electron chi connectivity index (χ4n) is 5.53. The zero-order valence-electron chi connectivity index (χ0n) is 18.5. The Labute approximate surface area is 199 Å². The quantitative estimate of drug-likeness (QED) is 0.477. The van der Waals surface area contributed by atoms with Crippen LogP contribution in [-0.4, -0.2) is 22.8 Å². The number of carbonyl (C=O) groups is 1. The Balaban J connectivity index is 1.75. The highest BCUT2D eigenvalue weighted by atomic mass is 16.1. The average molecular weight is 443 g/mol. The van der Waals surface area contributed by atoms with Gasteiger partial charge in [0.05, 0.1) is 17.7 Å². The molecule has 5 rings (SSSR count). The van der Waals surface area contributed by atoms with E-state index in [1.807, 2.05) is 71.6 Å². The Bertz CT molecular complexity index is 1310. The lowest BCUT2D eigenvalue weighted by molar-refractivity contribution is 0.0881. The SMILES string of the molecule is N#CC1=CN2[C@@H](C=C1)[C@H](C(=C(C#N)C#N)C1CC1)[C@@H](c1ccccc1)[C@@H]2C(=O)c1ccccc1. The van der Waals surface area contributed by atoms with Crippen molar-refractivity contribution in [1.82, 2.24) is 4.90 Å². The molecule has 1 saturated heterocycles. The number of benzene rings is 2. The number of nitriles is 3. The lowest BCUT2D eigenvalue weighted by atomic mass is 9.73. The molecule has 2 fully saturated rings. The summed E-state index contributed by atoms with van der Waals surface area (Å²) in [6.07, 6.45) is 7.40. The smallest absolute Gasteiger partial charge is 0.185 e. The molecular formula is C29H22N4O. The molecule has 2 aliphatic heterocycles. The molecule has 164 valence electrons. The molecular weight excluding hydrogens is 420 g/mol. The van der Waals surface area contributed by atoms with E-state index in [-0.39, 0.29) is 35.2 Å². The molecule has 0 radical (unpaired) electrons. The number of hydrogen-bond acceptors (Lipinski definition) is 5. The van der Waals surface area contributed by atoms with Crippen molar-refractivity contribution in [3.63, 3.8) is 0 Å². The molecule has 0 spiro atoms. The minimum atomic E-state index is -0.569. The van der Waals surface area contributed by atoms with Crippen LogP contribution in [0.15, 0.2) is 95.7 Å². The van der Waals surface area contributed by atoms with Crippen molar-refractivity contribution in [3.05, 3.63) is 107 Å². The molecule has 4 atom stereocenters. The van der Waals surface area contributed by atoms with Crippen LogP contribution in [0.25, 0.3) is 0 Å². The lowest BCUT2D eigenvalue weighted by Gasteiger charge is -2.31. The fourth-order valence-corrected chi connectivity index (χ4v) is 5.53. The van der Waals surface area contributed by atoms with Crippen molar-refractivity contribution in [2.75, 3.05) is 0 Å². The first-order valence-corrected chi connectivity index (χ1v) is 11.4. The molecule has 5 heteroatoms. The van der Waals surface area contributed by atoms with Crippen LogP contribution in [0.3, 0.4) is 0 Å². The third-order valence-electron chi connectivity index (χ3n) is 7.05. The van der Waals surface area contributed by atoms with Crippen molar-refractivity contribution < 1.29 is 4.79 Å². The van der Waals surface area contributed by atoms with Gasteiger partial charge in [0.2, 0.25) is 0 Å². The number of rotatable bonds is 5. The first-order valence-electron chi connectivity index (χ1n) is 11.4. The molecule has 2 heterocycles. The second-order valence-electron chi connectivity index (χ2n) is 8.96. The maximum absolute atomic E-state index is 14.0. The van der Waals surface area contributed by atoms with E-state index in [0.717, 1.165) is 24.0 Å². The second kappa shape index (κ2) is 8.86. The maximum Gasteiger partial charge on any atom is 0.185 e. The van der Waals surface area contributed by atoms with Crippen LogP contribution in [0.1, 0.15) is 34.7 Å². The van der Waals surface area contributed by atoms with Crippen LogP contribution in [0.4, 0.5) is 0 Å². The van der Waals surface area contributed by atoms with Gasteiger partial charge in [-0.05, 0) is 36.0 Å². The Morgan fingerprint density at radius 2 is 1.56 bits per heavy atom. The number of nitrogens with zero attached hydrogens (tertiary/aromatic N) is 4. The predicted molar refractivity (Wildman–Crippen MR) is 127 cm³/mol. The number of fused-ring (bicyclic) bond motifs is 1. The molecule has 0 unspecified atom stereocenters. The molecule has 0 amide bonds. The summed E-state index contributed by atoms with van der Waals surface area (Å²) in [6.45, 7) is 0. The third-order valence-corrected chi connectivity index (χ3v) is 7.05. The summed E-state index contributed by atoms with van der Waals surface area (Å²) < 4.78 is 0. The molecule has 1 aliphatic carbocycles. The molecule has 0 bridgehead atoms. The maximum atomic E-state index is 14.0. The predicted octanol–water partition coefficient (Wildman–Crippen LogP) is 5.05. The van der Waals surface area contributed by atoms with Gasteiger partial charge >= 0.3 is 0 Å². The largest absolute Gasteiger partial charge is 0.358 e. The van der Waals surface area contributed by atoms with E-state index < -0.39 is 6.04 Å². The van der Waals surface area contributed by atoms with Crippen LogP contribution in [0, 0.1) is 45.8 Å². The summed E-state index contributed by atoms with van der Waals surface area (Å²) in [5.41, 5.74) is 3.09. The molecule has 0 N–H and O–H groups in total. The zero-order chi connectivity index (χ0) is 23.7. The summed E-state index contributed by atoms with van der Waals surface area (Å²) in [4.78, 5) is 16.0. The Kier molecular flexibility index (Phi) is 5.59. The van der Waals surface area contributed by atoms with Gasteiger partial charge in [0.1, 0.15) is 23.8 Å². The highest BCUT2D eigenvalue weighted by molar-refractivity contribution is 6.01. The Hall–Kier alpha value is -4.40. The minimum absolute atomic E-state index is 0.0311. The topological polar surface area (TPSA) is 91.7 Å². The van der Waals surface area contributed by atoms with E-state index in [0.29, 0.717) is 11.1 Å². The van der Waals surface area contributed by atoms with Crippen LogP contribution < -0.4 is 0 Å². The van der Waals surface area contributed by atoms with Crippen LogP contribution in [0.5, 0.6) is 0 Å². The van der Waals surface area contributed by atoms with Gasteiger partial charge in [0.25, 0.3) is 0 Å². The van der Waals surface area contributed by atoms with E-state index in [1.165, 1.54) is 0 Å². The van der Waals surface area contributed by atoms with E-state index in [9.17, 15) is 20.6 Å². The standard InChI is InChI=1S/C29H22N4O/c30-15-19-11-14-24-27(25(21-12-13-21)23(16-31)17-32)26(20-7-3-1-4-8-20)28(33(24)18-19)29(34)22-9-5-2-6-10-22/h1-11,14,18,21,24,26-28H,12-13H2/t24-,26+,27+,28+/m0/s1. The minimum Gasteiger partial charge on any atom is -0.358 e. The monoisotopic (exact) mass is 442 g/mol. The van der Waals surface area contributed by atoms with Crippen LogP contribution in [-0.2, 0) is 0 Å². The highest BCUT2D eigenvalue weighted by Gasteiger charge is 2.55. The van der Waals surface area contributed by atoms with Gasteiger partial charge in [-0.15, -0.1) is 0 Å². The van der Waals surface area contributed by atoms with Gasteiger partial charge in [-0.25, -0.2) is 0 Å². The van der Waals surface area contributed by atoms with Gasteiger partial charge in [-0.2, -0.15) is 15.8 Å². The van der Waals surface area contributed by atoms with E-state index in [2.05, 4.69) is 18.2 Å². The van der Waals surface area contributed by atoms with Crippen molar-refractivity contribution in [1.29, 1.82) is 15.8 Å². The third kappa shape index (κ3) is 3.61. The molecule has 5 nitrogen and oxygen atoms in total. The number of ketones is 1. The number of hydrogen-bond donors (Lipinski definition) is 0. The van der Waals surface area contributed by atoms with Gasteiger partial charge < -0.3 is 4.90 Å². The molecule has 3 aliphatic rings. The molecule has 34 heavy (non-hydrogen) atoms. The van der Waals surface area contributed by atoms with E-state index in [4.69, 9.17) is 0 Å². The van der Waals surface area contributed by atoms with Crippen molar-refractivity contribution in [2.24, 2.45) is 11.8 Å². The summed E-state index contributed by atoms with van der Waals surface area (Å²) in [7, 11) is 0. The fraction of sp³-hybridized carbons (Fsp3) is 0.241. The van der Waals surface area contributed by atoms with E-state index >= 15 is 0 Å². The zero-order valence-corrected chi connectivity index (χ0v) is 18.5. The summed E-state index contributed by atoms with van der Waals surface area (Å²) >= 11 is 0. The second-order valence-corrected chi connectivity index (χ2v) is 8.96. The Morgan fingerprint density at radius 3 is 2.15 bits per heavy atom. The van der Waals surface area contributed by atoms with Gasteiger partial charge in [-0.3, -0.25) is 4.79 Å². The Morgan fingerprint density at radius 1 is 0.912 bits per heavy atom. The van der Waals surface area contributed by atoms with Crippen molar-refractivity contribution in [3.8, 4) is 18.2 Å². The van der Waals surface area contributed by atoms with Gasteiger partial charge in [-0.1, -0.05) is 66.7 Å².